The van der Waals surface area contributed by atoms with Crippen molar-refractivity contribution in [3.8, 4) is 0 Å². The first-order chi connectivity index (χ1) is 9.86. The molecule has 21 heavy (non-hydrogen) atoms. The topological polar surface area (TPSA) is 41.1 Å². The van der Waals surface area contributed by atoms with Crippen molar-refractivity contribution in [3.05, 3.63) is 35.4 Å². The van der Waals surface area contributed by atoms with Crippen molar-refractivity contribution in [2.45, 2.75) is 32.0 Å². The largest absolute Gasteiger partial charge is 0.416 e. The molecule has 1 aromatic carbocycles. The van der Waals surface area contributed by atoms with Gasteiger partial charge in [0.15, 0.2) is 0 Å². The summed E-state index contributed by atoms with van der Waals surface area (Å²) in [6.45, 7) is 3.52. The molecule has 0 saturated carbocycles. The fourth-order valence-corrected chi connectivity index (χ4v) is 2.38. The number of benzene rings is 1. The average Bonchev–Trinajstić information content (AvgIpc) is 2.45. The molecule has 1 aromatic rings. The quantitative estimate of drug-likeness (QED) is 0.901. The number of hydrogen-bond donors (Lipinski definition) is 2. The molecule has 1 fully saturated rings. The second-order valence-corrected chi connectivity index (χ2v) is 5.54. The number of halogens is 3. The lowest BCUT2D eigenvalue weighted by molar-refractivity contribution is -0.137. The molecule has 2 N–H and O–H groups in total. The van der Waals surface area contributed by atoms with E-state index < -0.39 is 11.7 Å². The van der Waals surface area contributed by atoms with Crippen LogP contribution in [0.15, 0.2) is 24.3 Å². The van der Waals surface area contributed by atoms with Crippen LogP contribution in [0.4, 0.5) is 13.2 Å². The van der Waals surface area contributed by atoms with E-state index in [1.165, 1.54) is 12.1 Å². The first kappa shape index (κ1) is 15.8. The third-order valence-electron chi connectivity index (χ3n) is 3.79. The van der Waals surface area contributed by atoms with E-state index >= 15 is 0 Å². The molecule has 3 nitrogen and oxygen atoms in total. The number of carbonyl (C=O) groups is 1. The second-order valence-electron chi connectivity index (χ2n) is 5.54. The van der Waals surface area contributed by atoms with E-state index in [-0.39, 0.29) is 11.5 Å². The number of rotatable bonds is 3. The Morgan fingerprint density at radius 2 is 1.95 bits per heavy atom. The minimum atomic E-state index is -4.38. The minimum Gasteiger partial charge on any atom is -0.352 e. The molecule has 0 aliphatic carbocycles. The van der Waals surface area contributed by atoms with Crippen molar-refractivity contribution in [2.24, 2.45) is 5.92 Å². The van der Waals surface area contributed by atoms with Gasteiger partial charge in [-0.3, -0.25) is 4.79 Å². The Kier molecular flexibility index (Phi) is 4.88. The summed E-state index contributed by atoms with van der Waals surface area (Å²) in [5.74, 6) is 0.0435. The Balaban J connectivity index is 1.86. The second kappa shape index (κ2) is 6.47. The maximum Gasteiger partial charge on any atom is 0.416 e. The number of nitrogens with one attached hydrogen (secondary N) is 2. The van der Waals surface area contributed by atoms with Gasteiger partial charge in [0.25, 0.3) is 5.91 Å². The van der Waals surface area contributed by atoms with Crippen LogP contribution in [-0.2, 0) is 6.18 Å². The standard InChI is InChI=1S/C15H19F3N2O/c1-10-2-3-11(8-19-10)9-20-14(21)12-4-6-13(7-5-12)15(16,17)18/h4-7,10-11,19H,2-3,8-9H2,1H3,(H,20,21). The zero-order valence-corrected chi connectivity index (χ0v) is 11.8. The van der Waals surface area contributed by atoms with Crippen LogP contribution < -0.4 is 10.6 Å². The van der Waals surface area contributed by atoms with E-state index in [0.29, 0.717) is 18.5 Å². The fraction of sp³-hybridized carbons (Fsp3) is 0.533. The van der Waals surface area contributed by atoms with Crippen molar-refractivity contribution < 1.29 is 18.0 Å². The molecule has 2 unspecified atom stereocenters. The van der Waals surface area contributed by atoms with Crippen LogP contribution in [0.1, 0.15) is 35.7 Å². The first-order valence-electron chi connectivity index (χ1n) is 7.05. The molecule has 2 atom stereocenters. The molecule has 1 aliphatic rings. The number of hydrogen-bond acceptors (Lipinski definition) is 2. The minimum absolute atomic E-state index is 0.250. The zero-order chi connectivity index (χ0) is 15.5. The smallest absolute Gasteiger partial charge is 0.352 e. The summed E-state index contributed by atoms with van der Waals surface area (Å²) in [4.78, 5) is 11.9. The SMILES string of the molecule is CC1CCC(CNC(=O)c2ccc(C(F)(F)F)cc2)CN1. The highest BCUT2D eigenvalue weighted by Gasteiger charge is 2.30. The van der Waals surface area contributed by atoms with Crippen LogP contribution in [0.2, 0.25) is 0 Å². The predicted octanol–water partition coefficient (Wildman–Crippen LogP) is 2.82. The molecule has 0 spiro atoms. The van der Waals surface area contributed by atoms with Crippen LogP contribution in [0.25, 0.3) is 0 Å². The van der Waals surface area contributed by atoms with Crippen molar-refractivity contribution >= 4 is 5.91 Å². The summed E-state index contributed by atoms with van der Waals surface area (Å²) >= 11 is 0. The van der Waals surface area contributed by atoms with Gasteiger partial charge in [0.1, 0.15) is 0 Å². The summed E-state index contributed by atoms with van der Waals surface area (Å²) in [6, 6.07) is 4.78. The molecule has 2 rings (SSSR count). The zero-order valence-electron chi connectivity index (χ0n) is 11.8. The van der Waals surface area contributed by atoms with Gasteiger partial charge in [-0.1, -0.05) is 0 Å². The molecule has 1 aliphatic heterocycles. The highest BCUT2D eigenvalue weighted by molar-refractivity contribution is 5.94. The van der Waals surface area contributed by atoms with Gasteiger partial charge in [-0.2, -0.15) is 13.2 Å². The van der Waals surface area contributed by atoms with Crippen LogP contribution >= 0.6 is 0 Å². The van der Waals surface area contributed by atoms with Gasteiger partial charge in [0.2, 0.25) is 0 Å². The van der Waals surface area contributed by atoms with Gasteiger partial charge in [0, 0.05) is 18.2 Å². The molecule has 0 bridgehead atoms. The molecule has 116 valence electrons. The van der Waals surface area contributed by atoms with E-state index in [9.17, 15) is 18.0 Å². The van der Waals surface area contributed by atoms with Crippen LogP contribution in [0.3, 0.4) is 0 Å². The molecule has 6 heteroatoms. The van der Waals surface area contributed by atoms with Gasteiger partial charge in [-0.15, -0.1) is 0 Å². The number of piperidine rings is 1. The normalized spacial score (nSPS) is 22.9. The maximum absolute atomic E-state index is 12.4. The highest BCUT2D eigenvalue weighted by atomic mass is 19.4. The first-order valence-corrected chi connectivity index (χ1v) is 7.05. The molecule has 1 amide bonds. The van der Waals surface area contributed by atoms with Gasteiger partial charge in [-0.25, -0.2) is 0 Å². The van der Waals surface area contributed by atoms with E-state index in [2.05, 4.69) is 17.6 Å². The lowest BCUT2D eigenvalue weighted by Crippen LogP contribution is -2.41. The Hall–Kier alpha value is -1.56. The summed E-state index contributed by atoms with van der Waals surface area (Å²) in [7, 11) is 0. The molecule has 1 heterocycles. The monoisotopic (exact) mass is 300 g/mol. The Morgan fingerprint density at radius 1 is 1.29 bits per heavy atom. The summed E-state index contributed by atoms with van der Waals surface area (Å²) < 4.78 is 37.3. The van der Waals surface area contributed by atoms with Crippen molar-refractivity contribution in [1.29, 1.82) is 0 Å². The third-order valence-corrected chi connectivity index (χ3v) is 3.79. The maximum atomic E-state index is 12.4. The number of carbonyl (C=O) groups excluding carboxylic acids is 1. The van der Waals surface area contributed by atoms with Crippen LogP contribution in [0, 0.1) is 5.92 Å². The number of amides is 1. The Bertz CT molecular complexity index is 477. The van der Waals surface area contributed by atoms with E-state index in [0.717, 1.165) is 31.5 Å². The van der Waals surface area contributed by atoms with E-state index in [1.54, 1.807) is 0 Å². The van der Waals surface area contributed by atoms with E-state index in [1.807, 2.05) is 0 Å². The van der Waals surface area contributed by atoms with Crippen LogP contribution in [-0.4, -0.2) is 25.0 Å². The van der Waals surface area contributed by atoms with Gasteiger partial charge in [0.05, 0.1) is 5.56 Å². The summed E-state index contributed by atoms with van der Waals surface area (Å²) in [6.07, 6.45) is -2.26. The molecule has 0 aromatic heterocycles. The average molecular weight is 300 g/mol. The van der Waals surface area contributed by atoms with Crippen molar-refractivity contribution in [2.75, 3.05) is 13.1 Å². The summed E-state index contributed by atoms with van der Waals surface area (Å²) in [5.41, 5.74) is -0.496. The van der Waals surface area contributed by atoms with Crippen molar-refractivity contribution in [1.82, 2.24) is 10.6 Å². The van der Waals surface area contributed by atoms with Gasteiger partial charge >= 0.3 is 6.18 Å². The lowest BCUT2D eigenvalue weighted by atomic mass is 9.95. The third kappa shape index (κ3) is 4.46. The molecular formula is C15H19F3N2O. The predicted molar refractivity (Wildman–Crippen MR) is 74.0 cm³/mol. The fourth-order valence-electron chi connectivity index (χ4n) is 2.38. The van der Waals surface area contributed by atoms with Crippen molar-refractivity contribution in [3.63, 3.8) is 0 Å². The van der Waals surface area contributed by atoms with Crippen LogP contribution in [0.5, 0.6) is 0 Å². The van der Waals surface area contributed by atoms with E-state index in [4.69, 9.17) is 0 Å². The van der Waals surface area contributed by atoms with Gasteiger partial charge < -0.3 is 10.6 Å². The Morgan fingerprint density at radius 3 is 2.48 bits per heavy atom. The highest BCUT2D eigenvalue weighted by Crippen LogP contribution is 2.29. The molecule has 0 radical (unpaired) electrons. The molecule has 1 saturated heterocycles. The molecular weight excluding hydrogens is 281 g/mol. The lowest BCUT2D eigenvalue weighted by Gasteiger charge is -2.27. The Labute approximate surface area is 121 Å². The number of alkyl halides is 3. The van der Waals surface area contributed by atoms with Gasteiger partial charge in [-0.05, 0) is 56.5 Å². The summed E-state index contributed by atoms with van der Waals surface area (Å²) in [5, 5.41) is 6.12.